The molecule has 0 aliphatic carbocycles. The highest BCUT2D eigenvalue weighted by molar-refractivity contribution is 7.12. The van der Waals surface area contributed by atoms with Crippen LogP contribution in [0.25, 0.3) is 0 Å². The monoisotopic (exact) mass is 286 g/mol. The number of nitrogens with one attached hydrogen (secondary N) is 1. The number of carbonyl (C=O) groups excluding carboxylic acids is 2. The van der Waals surface area contributed by atoms with E-state index in [0.29, 0.717) is 4.88 Å². The van der Waals surface area contributed by atoms with Gasteiger partial charge in [0.15, 0.2) is 0 Å². The zero-order chi connectivity index (χ0) is 14.3. The first kappa shape index (κ1) is 15.6. The summed E-state index contributed by atoms with van der Waals surface area (Å²) in [5.74, 6) is -0.533. The number of hydrogen-bond donors (Lipinski definition) is 2. The maximum Gasteiger partial charge on any atom is 0.261 e. The molecule has 0 spiro atoms. The van der Waals surface area contributed by atoms with Crippen molar-refractivity contribution in [3.05, 3.63) is 22.4 Å². The first-order valence-electron chi connectivity index (χ1n) is 5.77. The first-order chi connectivity index (χ1) is 9.04. The van der Waals surface area contributed by atoms with Crippen molar-refractivity contribution in [2.24, 2.45) is 0 Å². The van der Waals surface area contributed by atoms with Gasteiger partial charge in [-0.3, -0.25) is 9.59 Å². The minimum Gasteiger partial charge on any atom is -0.389 e. The Hall–Kier alpha value is -1.44. The predicted molar refractivity (Wildman–Crippen MR) is 72.2 cm³/mol. The lowest BCUT2D eigenvalue weighted by atomic mass is 10.3. The molecule has 2 N–H and O–H groups in total. The van der Waals surface area contributed by atoms with Crippen LogP contribution >= 0.6 is 11.3 Å². The number of carbonyl (C=O) groups is 2. The number of nitrogens with zero attached hydrogens (tertiary/aromatic N) is 1. The molecule has 0 radical (unpaired) electrons. The zero-order valence-corrected chi connectivity index (χ0v) is 11.8. The van der Waals surface area contributed by atoms with Crippen LogP contribution in [0.1, 0.15) is 9.67 Å². The average molecular weight is 286 g/mol. The molecule has 1 aromatic rings. The Kier molecular flexibility index (Phi) is 6.48. The van der Waals surface area contributed by atoms with Gasteiger partial charge in [-0.05, 0) is 11.4 Å². The van der Waals surface area contributed by atoms with E-state index in [1.54, 1.807) is 24.6 Å². The summed E-state index contributed by atoms with van der Waals surface area (Å²) in [4.78, 5) is 25.3. The lowest BCUT2D eigenvalue weighted by Crippen LogP contribution is -2.42. The quantitative estimate of drug-likeness (QED) is 0.736. The van der Waals surface area contributed by atoms with Gasteiger partial charge in [0.25, 0.3) is 5.91 Å². The minimum absolute atomic E-state index is 0.0903. The summed E-state index contributed by atoms with van der Waals surface area (Å²) in [5.41, 5.74) is 0. The summed E-state index contributed by atoms with van der Waals surface area (Å²) in [6.45, 7) is 0.244. The molecule has 0 saturated heterocycles. The summed E-state index contributed by atoms with van der Waals surface area (Å²) in [6, 6.07) is 3.46. The van der Waals surface area contributed by atoms with Crippen LogP contribution in [0.2, 0.25) is 0 Å². The van der Waals surface area contributed by atoms with E-state index in [1.807, 2.05) is 0 Å². The number of aliphatic hydroxyl groups is 1. The smallest absolute Gasteiger partial charge is 0.261 e. The van der Waals surface area contributed by atoms with E-state index in [1.165, 1.54) is 23.3 Å². The molecule has 1 rings (SSSR count). The van der Waals surface area contributed by atoms with Gasteiger partial charge in [-0.2, -0.15) is 0 Å². The van der Waals surface area contributed by atoms with Crippen LogP contribution < -0.4 is 5.32 Å². The van der Waals surface area contributed by atoms with Gasteiger partial charge >= 0.3 is 0 Å². The second-order valence-corrected chi connectivity index (χ2v) is 4.99. The Balaban J connectivity index is 2.32. The maximum absolute atomic E-state index is 11.7. The van der Waals surface area contributed by atoms with Crippen molar-refractivity contribution in [3.8, 4) is 0 Å². The fraction of sp³-hybridized carbons (Fsp3) is 0.500. The minimum atomic E-state index is -0.730. The van der Waals surface area contributed by atoms with Crippen molar-refractivity contribution in [2.75, 3.05) is 33.9 Å². The summed E-state index contributed by atoms with van der Waals surface area (Å²) >= 11 is 1.31. The number of rotatable bonds is 7. The number of amides is 2. The molecule has 19 heavy (non-hydrogen) atoms. The van der Waals surface area contributed by atoms with Crippen LogP contribution in [-0.2, 0) is 9.53 Å². The molecule has 0 saturated carbocycles. The van der Waals surface area contributed by atoms with Crippen LogP contribution in [0.15, 0.2) is 17.5 Å². The third kappa shape index (κ3) is 5.37. The number of hydrogen-bond acceptors (Lipinski definition) is 5. The van der Waals surface area contributed by atoms with E-state index in [-0.39, 0.29) is 31.5 Å². The van der Waals surface area contributed by atoms with E-state index >= 15 is 0 Å². The molecule has 0 aliphatic rings. The van der Waals surface area contributed by atoms with E-state index in [2.05, 4.69) is 5.32 Å². The average Bonchev–Trinajstić information content (AvgIpc) is 2.89. The molecule has 0 aromatic carbocycles. The standard InChI is InChI=1S/C12H18N2O4S/c1-14(7-9(15)8-18-2)11(16)6-13-12(17)10-4-3-5-19-10/h3-5,9,15H,6-8H2,1-2H3,(H,13,17). The molecule has 0 aliphatic heterocycles. The van der Waals surface area contributed by atoms with Gasteiger partial charge in [-0.15, -0.1) is 11.3 Å². The Labute approximate surface area is 116 Å². The third-order valence-corrected chi connectivity index (χ3v) is 3.28. The lowest BCUT2D eigenvalue weighted by molar-refractivity contribution is -0.130. The highest BCUT2D eigenvalue weighted by Gasteiger charge is 2.15. The Bertz CT molecular complexity index is 408. The van der Waals surface area contributed by atoms with Crippen LogP contribution in [0.4, 0.5) is 0 Å². The zero-order valence-electron chi connectivity index (χ0n) is 11.0. The van der Waals surface area contributed by atoms with Crippen molar-refractivity contribution < 1.29 is 19.4 Å². The Morgan fingerprint density at radius 2 is 2.32 bits per heavy atom. The fourth-order valence-corrected chi connectivity index (χ4v) is 2.09. The van der Waals surface area contributed by atoms with Crippen molar-refractivity contribution in [2.45, 2.75) is 6.10 Å². The second-order valence-electron chi connectivity index (χ2n) is 4.04. The topological polar surface area (TPSA) is 78.9 Å². The first-order valence-corrected chi connectivity index (χ1v) is 6.65. The highest BCUT2D eigenvalue weighted by atomic mass is 32.1. The normalized spacial score (nSPS) is 11.9. The third-order valence-electron chi connectivity index (χ3n) is 2.41. The number of ether oxygens (including phenoxy) is 1. The molecule has 1 atom stereocenters. The molecule has 0 bridgehead atoms. The lowest BCUT2D eigenvalue weighted by Gasteiger charge is -2.20. The molecule has 106 valence electrons. The van der Waals surface area contributed by atoms with E-state index in [9.17, 15) is 14.7 Å². The van der Waals surface area contributed by atoms with Crippen LogP contribution in [-0.4, -0.2) is 61.8 Å². The van der Waals surface area contributed by atoms with Gasteiger partial charge in [0.05, 0.1) is 24.1 Å². The van der Waals surface area contributed by atoms with Crippen LogP contribution in [0.3, 0.4) is 0 Å². The number of aliphatic hydroxyl groups excluding tert-OH is 1. The maximum atomic E-state index is 11.7. The summed E-state index contributed by atoms with van der Waals surface area (Å²) in [5, 5.41) is 13.8. The molecule has 0 fully saturated rings. The number of likely N-dealkylation sites (N-methyl/N-ethyl adjacent to an activating group) is 1. The molecule has 1 unspecified atom stereocenters. The van der Waals surface area contributed by atoms with Gasteiger partial charge < -0.3 is 20.1 Å². The van der Waals surface area contributed by atoms with Crippen molar-refractivity contribution in [1.29, 1.82) is 0 Å². The molecule has 1 aromatic heterocycles. The fourth-order valence-electron chi connectivity index (χ4n) is 1.45. The highest BCUT2D eigenvalue weighted by Crippen LogP contribution is 2.07. The molecular weight excluding hydrogens is 268 g/mol. The Morgan fingerprint density at radius 3 is 2.89 bits per heavy atom. The van der Waals surface area contributed by atoms with E-state index < -0.39 is 6.10 Å². The van der Waals surface area contributed by atoms with Crippen molar-refractivity contribution >= 4 is 23.2 Å². The SMILES string of the molecule is COCC(O)CN(C)C(=O)CNC(=O)c1cccs1. The predicted octanol–water partition coefficient (Wildman–Crippen LogP) is -0.0564. The Morgan fingerprint density at radius 1 is 1.58 bits per heavy atom. The van der Waals surface area contributed by atoms with Crippen molar-refractivity contribution in [1.82, 2.24) is 10.2 Å². The molecule has 2 amide bonds. The number of thiophene rings is 1. The summed E-state index contributed by atoms with van der Waals surface area (Å²) < 4.78 is 4.78. The van der Waals surface area contributed by atoms with Gasteiger partial charge in [0.2, 0.25) is 5.91 Å². The van der Waals surface area contributed by atoms with Crippen molar-refractivity contribution in [3.63, 3.8) is 0 Å². The van der Waals surface area contributed by atoms with Crippen LogP contribution in [0.5, 0.6) is 0 Å². The molecule has 1 heterocycles. The van der Waals surface area contributed by atoms with E-state index in [0.717, 1.165) is 0 Å². The largest absolute Gasteiger partial charge is 0.389 e. The second kappa shape index (κ2) is 7.88. The summed E-state index contributed by atoms with van der Waals surface area (Å²) in [6.07, 6.45) is -0.730. The van der Waals surface area contributed by atoms with Gasteiger partial charge in [0.1, 0.15) is 0 Å². The van der Waals surface area contributed by atoms with Crippen LogP contribution in [0, 0.1) is 0 Å². The molecular formula is C12H18N2O4S. The summed E-state index contributed by atoms with van der Waals surface area (Å²) in [7, 11) is 3.05. The van der Waals surface area contributed by atoms with E-state index in [4.69, 9.17) is 4.74 Å². The number of methoxy groups -OCH3 is 1. The van der Waals surface area contributed by atoms with Gasteiger partial charge in [-0.25, -0.2) is 0 Å². The van der Waals surface area contributed by atoms with Gasteiger partial charge in [0, 0.05) is 20.7 Å². The molecule has 6 nitrogen and oxygen atoms in total. The van der Waals surface area contributed by atoms with Gasteiger partial charge in [-0.1, -0.05) is 6.07 Å². The molecule has 7 heteroatoms.